The van der Waals surface area contributed by atoms with Crippen LogP contribution in [0.2, 0.25) is 0 Å². The van der Waals surface area contributed by atoms with Crippen LogP contribution in [-0.2, 0) is 4.79 Å². The van der Waals surface area contributed by atoms with E-state index in [-0.39, 0.29) is 0 Å². The van der Waals surface area contributed by atoms with Crippen LogP contribution in [0.4, 0.5) is 5.69 Å². The minimum Gasteiger partial charge on any atom is -0.322 e. The van der Waals surface area contributed by atoms with E-state index in [1.807, 2.05) is 27.7 Å². The van der Waals surface area contributed by atoms with E-state index < -0.39 is 9.70 Å². The molecule has 0 radical (unpaired) electrons. The normalized spacial score (nSPS) is 11.6. The fraction of sp³-hybridized carbons (Fsp3) is 0.462. The van der Waals surface area contributed by atoms with Crippen LogP contribution in [0.1, 0.15) is 27.8 Å². The molecular formula is C13H16Cl3NO. The Morgan fingerprint density at radius 2 is 1.17 bits per heavy atom. The number of alkyl halides is 3. The van der Waals surface area contributed by atoms with Crippen molar-refractivity contribution in [1.82, 2.24) is 0 Å². The van der Waals surface area contributed by atoms with Gasteiger partial charge in [0.1, 0.15) is 0 Å². The molecule has 0 aliphatic carbocycles. The number of benzene rings is 1. The highest BCUT2D eigenvalue weighted by Gasteiger charge is 2.31. The Morgan fingerprint density at radius 1 is 0.833 bits per heavy atom. The van der Waals surface area contributed by atoms with Crippen molar-refractivity contribution in [3.8, 4) is 0 Å². The minimum absolute atomic E-state index is 0.638. The van der Waals surface area contributed by atoms with Crippen molar-refractivity contribution in [2.75, 3.05) is 5.32 Å². The Bertz CT molecular complexity index is 475. The van der Waals surface area contributed by atoms with Gasteiger partial charge in [-0.3, -0.25) is 4.79 Å². The Kier molecular flexibility index (Phi) is 4.58. The number of halogens is 3. The summed E-state index contributed by atoms with van der Waals surface area (Å²) < 4.78 is -1.95. The average Bonchev–Trinajstić information content (AvgIpc) is 2.28. The molecule has 5 heteroatoms. The van der Waals surface area contributed by atoms with Gasteiger partial charge in [-0.2, -0.15) is 0 Å². The molecule has 1 rings (SSSR count). The molecule has 1 aromatic rings. The number of hydrogen-bond acceptors (Lipinski definition) is 1. The van der Waals surface area contributed by atoms with Gasteiger partial charge in [0, 0.05) is 5.69 Å². The maximum atomic E-state index is 11.7. The monoisotopic (exact) mass is 307 g/mol. The summed E-state index contributed by atoms with van der Waals surface area (Å²) in [5.41, 5.74) is 6.22. The van der Waals surface area contributed by atoms with E-state index in [1.54, 1.807) is 0 Å². The molecule has 2 nitrogen and oxygen atoms in total. The van der Waals surface area contributed by atoms with Crippen molar-refractivity contribution in [1.29, 1.82) is 0 Å². The number of amides is 1. The Labute approximate surface area is 123 Å². The van der Waals surface area contributed by atoms with E-state index in [0.717, 1.165) is 27.9 Å². The Morgan fingerprint density at radius 3 is 1.50 bits per heavy atom. The van der Waals surface area contributed by atoms with Gasteiger partial charge in [-0.15, -0.1) is 0 Å². The van der Waals surface area contributed by atoms with E-state index in [4.69, 9.17) is 34.8 Å². The molecule has 0 heterocycles. The van der Waals surface area contributed by atoms with Gasteiger partial charge in [0.25, 0.3) is 9.70 Å². The third-order valence-electron chi connectivity index (χ3n) is 3.50. The Balaban J connectivity index is 3.31. The number of carbonyl (C=O) groups excluding carboxylic acids is 1. The SMILES string of the molecule is Cc1c(C)c(C)c(NC(=O)C(Cl)(Cl)Cl)c(C)c1C. The second kappa shape index (κ2) is 5.28. The van der Waals surface area contributed by atoms with Crippen LogP contribution < -0.4 is 5.32 Å². The molecule has 1 amide bonds. The van der Waals surface area contributed by atoms with Crippen molar-refractivity contribution in [2.45, 2.75) is 38.4 Å². The van der Waals surface area contributed by atoms with Crippen molar-refractivity contribution in [3.05, 3.63) is 27.8 Å². The molecule has 0 aliphatic rings. The maximum absolute atomic E-state index is 11.7. The third kappa shape index (κ3) is 2.93. The number of rotatable bonds is 1. The summed E-state index contributed by atoms with van der Waals surface area (Å²) in [7, 11) is 0. The minimum atomic E-state index is -1.95. The molecule has 0 fully saturated rings. The largest absolute Gasteiger partial charge is 0.322 e. The highest BCUT2D eigenvalue weighted by molar-refractivity contribution is 6.76. The molecule has 1 N–H and O–H groups in total. The lowest BCUT2D eigenvalue weighted by Crippen LogP contribution is -2.28. The molecule has 0 saturated heterocycles. The predicted molar refractivity (Wildman–Crippen MR) is 79.0 cm³/mol. The van der Waals surface area contributed by atoms with Gasteiger partial charge in [-0.25, -0.2) is 0 Å². The average molecular weight is 309 g/mol. The van der Waals surface area contributed by atoms with Crippen molar-refractivity contribution < 1.29 is 4.79 Å². The van der Waals surface area contributed by atoms with Crippen LogP contribution in [0, 0.1) is 34.6 Å². The van der Waals surface area contributed by atoms with E-state index >= 15 is 0 Å². The summed E-state index contributed by atoms with van der Waals surface area (Å²) in [6.45, 7) is 9.99. The lowest BCUT2D eigenvalue weighted by Gasteiger charge is -2.20. The van der Waals surface area contributed by atoms with Gasteiger partial charge in [-0.05, 0) is 62.4 Å². The maximum Gasteiger partial charge on any atom is 0.276 e. The summed E-state index contributed by atoms with van der Waals surface area (Å²) in [6, 6.07) is 0. The molecule has 0 aromatic heterocycles. The van der Waals surface area contributed by atoms with Crippen molar-refractivity contribution >= 4 is 46.4 Å². The number of anilines is 1. The van der Waals surface area contributed by atoms with Gasteiger partial charge < -0.3 is 5.32 Å². The van der Waals surface area contributed by atoms with Crippen molar-refractivity contribution in [2.24, 2.45) is 0 Å². The van der Waals surface area contributed by atoms with Gasteiger partial charge in [0.15, 0.2) is 0 Å². The number of carbonyl (C=O) groups is 1. The zero-order valence-corrected chi connectivity index (χ0v) is 13.3. The van der Waals surface area contributed by atoms with E-state index in [9.17, 15) is 4.79 Å². The second-order valence-electron chi connectivity index (χ2n) is 4.45. The van der Waals surface area contributed by atoms with Crippen LogP contribution in [0.25, 0.3) is 0 Å². The summed E-state index contributed by atoms with van der Waals surface area (Å²) in [5.74, 6) is -0.638. The standard InChI is InChI=1S/C13H16Cl3NO/c1-6-7(2)9(4)11(10(5)8(6)3)17-12(18)13(14,15)16/h1-5H3,(H,17,18). The summed E-state index contributed by atoms with van der Waals surface area (Å²) in [5, 5.41) is 2.69. The van der Waals surface area contributed by atoms with E-state index in [0.29, 0.717) is 0 Å². The number of nitrogens with one attached hydrogen (secondary N) is 1. The van der Waals surface area contributed by atoms with Crippen LogP contribution in [0.5, 0.6) is 0 Å². The smallest absolute Gasteiger partial charge is 0.276 e. The first-order valence-electron chi connectivity index (χ1n) is 5.52. The Hall–Kier alpha value is -0.440. The third-order valence-corrected chi connectivity index (χ3v) is 4.01. The van der Waals surface area contributed by atoms with Crippen LogP contribution in [0.15, 0.2) is 0 Å². The second-order valence-corrected chi connectivity index (χ2v) is 6.73. The zero-order chi connectivity index (χ0) is 14.2. The first kappa shape index (κ1) is 15.6. The van der Waals surface area contributed by atoms with Gasteiger partial charge in [0.2, 0.25) is 0 Å². The van der Waals surface area contributed by atoms with E-state index in [2.05, 4.69) is 12.2 Å². The van der Waals surface area contributed by atoms with Crippen LogP contribution >= 0.6 is 34.8 Å². The zero-order valence-electron chi connectivity index (χ0n) is 11.0. The summed E-state index contributed by atoms with van der Waals surface area (Å²) >= 11 is 16.7. The van der Waals surface area contributed by atoms with Crippen molar-refractivity contribution in [3.63, 3.8) is 0 Å². The fourth-order valence-electron chi connectivity index (χ4n) is 1.87. The topological polar surface area (TPSA) is 29.1 Å². The molecule has 0 atom stereocenters. The molecule has 100 valence electrons. The first-order chi connectivity index (χ1) is 8.07. The first-order valence-corrected chi connectivity index (χ1v) is 6.65. The molecule has 18 heavy (non-hydrogen) atoms. The lowest BCUT2D eigenvalue weighted by molar-refractivity contribution is -0.115. The van der Waals surface area contributed by atoms with Gasteiger partial charge in [0.05, 0.1) is 0 Å². The molecule has 0 saturated carbocycles. The molecular weight excluding hydrogens is 293 g/mol. The van der Waals surface area contributed by atoms with Gasteiger partial charge in [-0.1, -0.05) is 34.8 Å². The number of hydrogen-bond donors (Lipinski definition) is 1. The molecule has 1 aromatic carbocycles. The fourth-order valence-corrected chi connectivity index (χ4v) is 2.01. The molecule has 0 aliphatic heterocycles. The quantitative estimate of drug-likeness (QED) is 0.758. The van der Waals surface area contributed by atoms with Crippen LogP contribution in [-0.4, -0.2) is 9.70 Å². The predicted octanol–water partition coefficient (Wildman–Crippen LogP) is 4.54. The molecule has 0 bridgehead atoms. The molecule has 0 spiro atoms. The lowest BCUT2D eigenvalue weighted by atomic mass is 9.93. The van der Waals surface area contributed by atoms with Gasteiger partial charge >= 0.3 is 0 Å². The van der Waals surface area contributed by atoms with Crippen LogP contribution in [0.3, 0.4) is 0 Å². The van der Waals surface area contributed by atoms with E-state index in [1.165, 1.54) is 5.56 Å². The summed E-state index contributed by atoms with van der Waals surface area (Å²) in [4.78, 5) is 11.7. The highest BCUT2D eigenvalue weighted by atomic mass is 35.6. The molecule has 0 unspecified atom stereocenters. The summed E-state index contributed by atoms with van der Waals surface area (Å²) in [6.07, 6.45) is 0. The highest BCUT2D eigenvalue weighted by Crippen LogP contribution is 2.33.